The summed E-state index contributed by atoms with van der Waals surface area (Å²) in [6, 6.07) is 11.2. The number of carbonyl (C=O) groups is 1. The van der Waals surface area contributed by atoms with Gasteiger partial charge in [-0.2, -0.15) is 4.31 Å². The van der Waals surface area contributed by atoms with Crippen molar-refractivity contribution in [3.63, 3.8) is 0 Å². The highest BCUT2D eigenvalue weighted by Crippen LogP contribution is 2.17. The predicted octanol–water partition coefficient (Wildman–Crippen LogP) is 2.66. The molecule has 2 aromatic rings. The molecule has 0 aliphatic heterocycles. The highest BCUT2D eigenvalue weighted by Gasteiger charge is 2.23. The monoisotopic (exact) mass is 394 g/mol. The Morgan fingerprint density at radius 1 is 1.11 bits per heavy atom. The number of benzene rings is 2. The molecule has 146 valence electrons. The molecule has 0 heterocycles. The number of hydrogen-bond donors (Lipinski definition) is 1. The van der Waals surface area contributed by atoms with Crippen LogP contribution in [0.25, 0.3) is 0 Å². The van der Waals surface area contributed by atoms with Gasteiger partial charge in [0.25, 0.3) is 5.91 Å². The SMILES string of the molecule is CC(C)N(C)S(=O)(=O)c1ccc(C(=O)NCCOc2ccc(F)cc2)cc1. The van der Waals surface area contributed by atoms with Crippen LogP contribution in [0.3, 0.4) is 0 Å². The van der Waals surface area contributed by atoms with E-state index in [0.717, 1.165) is 0 Å². The Kier molecular flexibility index (Phi) is 6.92. The molecule has 27 heavy (non-hydrogen) atoms. The molecular formula is C19H23FN2O4S. The van der Waals surface area contributed by atoms with E-state index < -0.39 is 10.0 Å². The summed E-state index contributed by atoms with van der Waals surface area (Å²) in [7, 11) is -2.06. The van der Waals surface area contributed by atoms with Crippen LogP contribution in [0.4, 0.5) is 4.39 Å². The van der Waals surface area contributed by atoms with E-state index in [4.69, 9.17) is 4.74 Å². The number of rotatable bonds is 8. The third-order valence-electron chi connectivity index (χ3n) is 3.99. The summed E-state index contributed by atoms with van der Waals surface area (Å²) < 4.78 is 44.3. The lowest BCUT2D eigenvalue weighted by Crippen LogP contribution is -2.33. The Labute approximate surface area is 159 Å². The first kappa shape index (κ1) is 20.9. The molecular weight excluding hydrogens is 371 g/mol. The van der Waals surface area contributed by atoms with Gasteiger partial charge in [-0.3, -0.25) is 4.79 Å². The fourth-order valence-electron chi connectivity index (χ4n) is 2.19. The van der Waals surface area contributed by atoms with Crippen molar-refractivity contribution >= 4 is 15.9 Å². The zero-order chi connectivity index (χ0) is 20.0. The molecule has 0 saturated carbocycles. The third kappa shape index (κ3) is 5.51. The molecule has 0 atom stereocenters. The van der Waals surface area contributed by atoms with Gasteiger partial charge in [-0.05, 0) is 62.4 Å². The van der Waals surface area contributed by atoms with E-state index in [2.05, 4.69) is 5.32 Å². The van der Waals surface area contributed by atoms with Gasteiger partial charge >= 0.3 is 0 Å². The number of nitrogens with one attached hydrogen (secondary N) is 1. The molecule has 0 aromatic heterocycles. The Morgan fingerprint density at radius 2 is 1.70 bits per heavy atom. The Morgan fingerprint density at radius 3 is 2.26 bits per heavy atom. The standard InChI is InChI=1S/C19H23FN2O4S/c1-14(2)22(3)27(24,25)18-10-4-15(5-11-18)19(23)21-12-13-26-17-8-6-16(20)7-9-17/h4-11,14H,12-13H2,1-3H3,(H,21,23). The van der Waals surface area contributed by atoms with E-state index in [1.54, 1.807) is 13.8 Å². The lowest BCUT2D eigenvalue weighted by molar-refractivity contribution is 0.0947. The number of ether oxygens (including phenoxy) is 1. The molecule has 0 spiro atoms. The van der Waals surface area contributed by atoms with E-state index in [0.29, 0.717) is 11.3 Å². The summed E-state index contributed by atoms with van der Waals surface area (Å²) in [5, 5.41) is 2.68. The average Bonchev–Trinajstić information content (AvgIpc) is 2.65. The number of carbonyl (C=O) groups excluding carboxylic acids is 1. The average molecular weight is 394 g/mol. The maximum Gasteiger partial charge on any atom is 0.251 e. The first-order valence-corrected chi connectivity index (χ1v) is 9.90. The quantitative estimate of drug-likeness (QED) is 0.699. The van der Waals surface area contributed by atoms with E-state index >= 15 is 0 Å². The second-order valence-corrected chi connectivity index (χ2v) is 8.20. The number of amides is 1. The van der Waals surface area contributed by atoms with Gasteiger partial charge in [0.2, 0.25) is 10.0 Å². The van der Waals surface area contributed by atoms with Gasteiger partial charge in [0.1, 0.15) is 18.2 Å². The van der Waals surface area contributed by atoms with Crippen LogP contribution in [0.2, 0.25) is 0 Å². The Balaban J connectivity index is 1.89. The van der Waals surface area contributed by atoms with Crippen molar-refractivity contribution < 1.29 is 22.3 Å². The maximum absolute atomic E-state index is 12.8. The minimum atomic E-state index is -3.58. The minimum absolute atomic E-state index is 0.134. The van der Waals surface area contributed by atoms with Crippen molar-refractivity contribution in [3.05, 3.63) is 59.9 Å². The van der Waals surface area contributed by atoms with Gasteiger partial charge in [0.05, 0.1) is 11.4 Å². The van der Waals surface area contributed by atoms with Crippen LogP contribution in [0, 0.1) is 5.82 Å². The normalized spacial score (nSPS) is 11.6. The molecule has 1 N–H and O–H groups in total. The summed E-state index contributed by atoms with van der Waals surface area (Å²) in [5.41, 5.74) is 0.350. The van der Waals surface area contributed by atoms with Gasteiger partial charge in [0, 0.05) is 18.7 Å². The molecule has 0 bridgehead atoms. The molecule has 2 aromatic carbocycles. The first-order valence-electron chi connectivity index (χ1n) is 8.46. The molecule has 0 radical (unpaired) electrons. The smallest absolute Gasteiger partial charge is 0.251 e. The number of hydrogen-bond acceptors (Lipinski definition) is 4. The van der Waals surface area contributed by atoms with Crippen molar-refractivity contribution in [1.82, 2.24) is 9.62 Å². The molecule has 8 heteroatoms. The molecule has 6 nitrogen and oxygen atoms in total. The zero-order valence-corrected chi connectivity index (χ0v) is 16.3. The van der Waals surface area contributed by atoms with Crippen LogP contribution in [0.1, 0.15) is 24.2 Å². The second kappa shape index (κ2) is 8.96. The van der Waals surface area contributed by atoms with Gasteiger partial charge in [0.15, 0.2) is 0 Å². The summed E-state index contributed by atoms with van der Waals surface area (Å²) >= 11 is 0. The lowest BCUT2D eigenvalue weighted by Gasteiger charge is -2.21. The van der Waals surface area contributed by atoms with Crippen LogP contribution in [-0.2, 0) is 10.0 Å². The number of nitrogens with zero attached hydrogens (tertiary/aromatic N) is 1. The van der Waals surface area contributed by atoms with Gasteiger partial charge in [-0.25, -0.2) is 12.8 Å². The summed E-state index contributed by atoms with van der Waals surface area (Å²) in [6.45, 7) is 4.05. The lowest BCUT2D eigenvalue weighted by atomic mass is 10.2. The van der Waals surface area contributed by atoms with Crippen molar-refractivity contribution in [2.45, 2.75) is 24.8 Å². The Bertz CT molecular complexity index is 866. The molecule has 0 aliphatic carbocycles. The van der Waals surface area contributed by atoms with Gasteiger partial charge in [-0.15, -0.1) is 0 Å². The zero-order valence-electron chi connectivity index (χ0n) is 15.5. The van der Waals surface area contributed by atoms with Crippen LogP contribution < -0.4 is 10.1 Å². The first-order chi connectivity index (χ1) is 12.7. The van der Waals surface area contributed by atoms with Crippen molar-refractivity contribution in [2.75, 3.05) is 20.2 Å². The van der Waals surface area contributed by atoms with Crippen molar-refractivity contribution in [3.8, 4) is 5.75 Å². The highest BCUT2D eigenvalue weighted by atomic mass is 32.2. The van der Waals surface area contributed by atoms with Gasteiger partial charge < -0.3 is 10.1 Å². The topological polar surface area (TPSA) is 75.7 Å². The van der Waals surface area contributed by atoms with Crippen LogP contribution >= 0.6 is 0 Å². The van der Waals surface area contributed by atoms with E-state index in [1.165, 1.54) is 59.9 Å². The number of sulfonamides is 1. The maximum atomic E-state index is 12.8. The summed E-state index contributed by atoms with van der Waals surface area (Å²) in [4.78, 5) is 12.3. The van der Waals surface area contributed by atoms with Gasteiger partial charge in [-0.1, -0.05) is 0 Å². The Hall–Kier alpha value is -2.45. The molecule has 1 amide bonds. The number of halogens is 1. The largest absolute Gasteiger partial charge is 0.492 e. The molecule has 2 rings (SSSR count). The molecule has 0 unspecified atom stereocenters. The minimum Gasteiger partial charge on any atom is -0.492 e. The van der Waals surface area contributed by atoms with E-state index in [1.807, 2.05) is 0 Å². The molecule has 0 fully saturated rings. The van der Waals surface area contributed by atoms with Crippen molar-refractivity contribution in [1.29, 1.82) is 0 Å². The summed E-state index contributed by atoms with van der Waals surface area (Å²) in [6.07, 6.45) is 0. The summed E-state index contributed by atoms with van der Waals surface area (Å²) in [5.74, 6) is -0.172. The third-order valence-corrected chi connectivity index (χ3v) is 6.04. The van der Waals surface area contributed by atoms with E-state index in [9.17, 15) is 17.6 Å². The fraction of sp³-hybridized carbons (Fsp3) is 0.316. The van der Waals surface area contributed by atoms with Crippen LogP contribution in [-0.4, -0.2) is 44.9 Å². The highest BCUT2D eigenvalue weighted by molar-refractivity contribution is 7.89. The van der Waals surface area contributed by atoms with Crippen LogP contribution in [0.5, 0.6) is 5.75 Å². The molecule has 0 saturated heterocycles. The fourth-order valence-corrected chi connectivity index (χ4v) is 3.56. The van der Waals surface area contributed by atoms with Crippen LogP contribution in [0.15, 0.2) is 53.4 Å². The second-order valence-electron chi connectivity index (χ2n) is 6.20. The predicted molar refractivity (Wildman–Crippen MR) is 101 cm³/mol. The molecule has 0 aliphatic rings. The van der Waals surface area contributed by atoms with Crippen molar-refractivity contribution in [2.24, 2.45) is 0 Å². The van der Waals surface area contributed by atoms with E-state index in [-0.39, 0.29) is 35.8 Å².